The van der Waals surface area contributed by atoms with E-state index in [2.05, 4.69) is 0 Å². The number of nitrogens with two attached hydrogens (primary N) is 2. The van der Waals surface area contributed by atoms with Gasteiger partial charge < -0.3 is 16.2 Å². The third kappa shape index (κ3) is 3.85. The van der Waals surface area contributed by atoms with Crippen LogP contribution in [-0.4, -0.2) is 19.3 Å². The summed E-state index contributed by atoms with van der Waals surface area (Å²) in [5.74, 6) is 0.645. The van der Waals surface area contributed by atoms with Crippen molar-refractivity contribution in [1.29, 1.82) is 0 Å². The number of rotatable bonds is 5. The maximum atomic E-state index is 12.8. The standard InChI is InChI=1S/C11H17FN2O/c1-8-2-9(5-13)4-11(3-8)15-7-10(12)6-14/h2-4,10H,5-7,13-14H2,1H3/t10-/m1/s1. The molecule has 0 unspecified atom stereocenters. The van der Waals surface area contributed by atoms with Crippen molar-refractivity contribution >= 4 is 0 Å². The fraction of sp³-hybridized carbons (Fsp3) is 0.455. The highest BCUT2D eigenvalue weighted by Crippen LogP contribution is 2.16. The van der Waals surface area contributed by atoms with Crippen LogP contribution < -0.4 is 16.2 Å². The number of alkyl halides is 1. The Hall–Kier alpha value is -1.13. The molecule has 4 heteroatoms. The number of hydrogen-bond acceptors (Lipinski definition) is 3. The van der Waals surface area contributed by atoms with Gasteiger partial charge >= 0.3 is 0 Å². The Bertz CT molecular complexity index is 317. The van der Waals surface area contributed by atoms with Crippen molar-refractivity contribution in [2.45, 2.75) is 19.6 Å². The highest BCUT2D eigenvalue weighted by molar-refractivity contribution is 5.33. The van der Waals surface area contributed by atoms with Crippen LogP contribution in [0.1, 0.15) is 11.1 Å². The van der Waals surface area contributed by atoms with Gasteiger partial charge in [-0.15, -0.1) is 0 Å². The van der Waals surface area contributed by atoms with Crippen LogP contribution in [0, 0.1) is 6.92 Å². The predicted molar refractivity (Wildman–Crippen MR) is 58.5 cm³/mol. The van der Waals surface area contributed by atoms with E-state index in [1.807, 2.05) is 25.1 Å². The maximum Gasteiger partial charge on any atom is 0.146 e. The summed E-state index contributed by atoms with van der Waals surface area (Å²) in [6, 6.07) is 5.64. The lowest BCUT2D eigenvalue weighted by Gasteiger charge is -2.10. The quantitative estimate of drug-likeness (QED) is 0.769. The average Bonchev–Trinajstić information content (AvgIpc) is 2.25. The molecule has 1 atom stereocenters. The monoisotopic (exact) mass is 212 g/mol. The van der Waals surface area contributed by atoms with Crippen LogP contribution in [0.15, 0.2) is 18.2 Å². The predicted octanol–water partition coefficient (Wildman–Crippen LogP) is 1.13. The lowest BCUT2D eigenvalue weighted by Crippen LogP contribution is -2.22. The average molecular weight is 212 g/mol. The van der Waals surface area contributed by atoms with E-state index in [4.69, 9.17) is 16.2 Å². The van der Waals surface area contributed by atoms with Gasteiger partial charge in [-0.1, -0.05) is 6.07 Å². The SMILES string of the molecule is Cc1cc(CN)cc(OC[C@H](F)CN)c1. The normalized spacial score (nSPS) is 12.5. The van der Waals surface area contributed by atoms with Crippen molar-refractivity contribution in [1.82, 2.24) is 0 Å². The Morgan fingerprint density at radius 3 is 2.67 bits per heavy atom. The van der Waals surface area contributed by atoms with Crippen molar-refractivity contribution in [2.24, 2.45) is 11.5 Å². The van der Waals surface area contributed by atoms with Gasteiger partial charge in [-0.25, -0.2) is 4.39 Å². The third-order valence-corrected chi connectivity index (χ3v) is 2.03. The summed E-state index contributed by atoms with van der Waals surface area (Å²) in [4.78, 5) is 0. The van der Waals surface area contributed by atoms with Gasteiger partial charge in [-0.3, -0.25) is 0 Å². The fourth-order valence-corrected chi connectivity index (χ4v) is 1.28. The molecule has 0 fully saturated rings. The number of benzene rings is 1. The third-order valence-electron chi connectivity index (χ3n) is 2.03. The van der Waals surface area contributed by atoms with E-state index in [0.29, 0.717) is 12.3 Å². The van der Waals surface area contributed by atoms with Crippen LogP contribution in [0.2, 0.25) is 0 Å². The van der Waals surface area contributed by atoms with E-state index in [1.54, 1.807) is 0 Å². The van der Waals surface area contributed by atoms with Gasteiger partial charge in [0.1, 0.15) is 18.5 Å². The molecule has 0 spiro atoms. The molecule has 0 aliphatic rings. The zero-order valence-corrected chi connectivity index (χ0v) is 8.87. The topological polar surface area (TPSA) is 61.3 Å². The van der Waals surface area contributed by atoms with Gasteiger partial charge in [0.2, 0.25) is 0 Å². The molecule has 0 bridgehead atoms. The van der Waals surface area contributed by atoms with Crippen LogP contribution in [0.3, 0.4) is 0 Å². The fourth-order valence-electron chi connectivity index (χ4n) is 1.28. The first-order chi connectivity index (χ1) is 7.15. The molecule has 0 heterocycles. The lowest BCUT2D eigenvalue weighted by atomic mass is 10.1. The molecule has 3 nitrogen and oxygen atoms in total. The highest BCUT2D eigenvalue weighted by atomic mass is 19.1. The second kappa shape index (κ2) is 5.68. The number of halogens is 1. The molecule has 0 saturated heterocycles. The Labute approximate surface area is 89.2 Å². The number of aryl methyl sites for hydroxylation is 1. The van der Waals surface area contributed by atoms with Crippen molar-refractivity contribution in [3.8, 4) is 5.75 Å². The van der Waals surface area contributed by atoms with Crippen molar-refractivity contribution in [2.75, 3.05) is 13.2 Å². The van der Waals surface area contributed by atoms with E-state index < -0.39 is 6.17 Å². The Morgan fingerprint density at radius 1 is 1.33 bits per heavy atom. The molecule has 1 aromatic rings. The summed E-state index contributed by atoms with van der Waals surface area (Å²) in [5, 5.41) is 0. The van der Waals surface area contributed by atoms with Gasteiger partial charge in [0.15, 0.2) is 0 Å². The van der Waals surface area contributed by atoms with Gasteiger partial charge in [-0.2, -0.15) is 0 Å². The zero-order valence-electron chi connectivity index (χ0n) is 8.87. The lowest BCUT2D eigenvalue weighted by molar-refractivity contribution is 0.201. The molecular formula is C11H17FN2O. The molecular weight excluding hydrogens is 195 g/mol. The summed E-state index contributed by atoms with van der Waals surface area (Å²) in [5.41, 5.74) is 12.7. The first kappa shape index (κ1) is 11.9. The smallest absolute Gasteiger partial charge is 0.146 e. The molecule has 0 aliphatic heterocycles. The second-order valence-corrected chi connectivity index (χ2v) is 3.50. The summed E-state index contributed by atoms with van der Waals surface area (Å²) >= 11 is 0. The van der Waals surface area contributed by atoms with Gasteiger partial charge in [-0.05, 0) is 30.2 Å². The minimum absolute atomic E-state index is 0.00996. The molecule has 15 heavy (non-hydrogen) atoms. The molecule has 4 N–H and O–H groups in total. The van der Waals surface area contributed by atoms with Crippen molar-refractivity contribution in [3.63, 3.8) is 0 Å². The molecule has 84 valence electrons. The van der Waals surface area contributed by atoms with E-state index >= 15 is 0 Å². The first-order valence-electron chi connectivity index (χ1n) is 4.93. The summed E-state index contributed by atoms with van der Waals surface area (Å²) < 4.78 is 18.1. The molecule has 0 aliphatic carbocycles. The molecule has 0 amide bonds. The maximum absolute atomic E-state index is 12.8. The van der Waals surface area contributed by atoms with Crippen LogP contribution in [0.5, 0.6) is 5.75 Å². The highest BCUT2D eigenvalue weighted by Gasteiger charge is 2.05. The number of ether oxygens (including phenoxy) is 1. The minimum Gasteiger partial charge on any atom is -0.490 e. The molecule has 0 radical (unpaired) electrons. The molecule has 1 aromatic carbocycles. The van der Waals surface area contributed by atoms with Crippen LogP contribution in [0.4, 0.5) is 4.39 Å². The molecule has 0 saturated carbocycles. The van der Waals surface area contributed by atoms with Crippen LogP contribution in [0.25, 0.3) is 0 Å². The molecule has 1 rings (SSSR count). The van der Waals surface area contributed by atoms with Crippen molar-refractivity contribution < 1.29 is 9.13 Å². The Balaban J connectivity index is 2.64. The van der Waals surface area contributed by atoms with Crippen LogP contribution >= 0.6 is 0 Å². The van der Waals surface area contributed by atoms with Gasteiger partial charge in [0.05, 0.1) is 0 Å². The summed E-state index contributed by atoms with van der Waals surface area (Å²) in [7, 11) is 0. The van der Waals surface area contributed by atoms with Crippen LogP contribution in [-0.2, 0) is 6.54 Å². The first-order valence-corrected chi connectivity index (χ1v) is 4.93. The Morgan fingerprint density at radius 2 is 2.07 bits per heavy atom. The summed E-state index contributed by atoms with van der Waals surface area (Å²) in [6.45, 7) is 2.37. The summed E-state index contributed by atoms with van der Waals surface area (Å²) in [6.07, 6.45) is -1.12. The largest absolute Gasteiger partial charge is 0.490 e. The zero-order chi connectivity index (χ0) is 11.3. The second-order valence-electron chi connectivity index (χ2n) is 3.50. The van der Waals surface area contributed by atoms with E-state index in [0.717, 1.165) is 11.1 Å². The minimum atomic E-state index is -1.12. The van der Waals surface area contributed by atoms with E-state index in [9.17, 15) is 4.39 Å². The Kier molecular flexibility index (Phi) is 4.52. The number of hydrogen-bond donors (Lipinski definition) is 2. The van der Waals surface area contributed by atoms with Gasteiger partial charge in [0, 0.05) is 13.1 Å². The van der Waals surface area contributed by atoms with Gasteiger partial charge in [0.25, 0.3) is 0 Å². The molecule has 0 aromatic heterocycles. The van der Waals surface area contributed by atoms with E-state index in [1.165, 1.54) is 0 Å². The van der Waals surface area contributed by atoms with E-state index in [-0.39, 0.29) is 13.2 Å². The van der Waals surface area contributed by atoms with Crippen molar-refractivity contribution in [3.05, 3.63) is 29.3 Å².